The number of amides is 7. The summed E-state index contributed by atoms with van der Waals surface area (Å²) in [5, 5.41) is 85.0. The number of azide groups is 7. The van der Waals surface area contributed by atoms with Gasteiger partial charge in [0.25, 0.3) is 0 Å². The number of carbonyl (C=O) groups is 14. The average Bonchev–Trinajstić information content (AvgIpc) is 1.58. The third-order valence-electron chi connectivity index (χ3n) is 25.7. The summed E-state index contributed by atoms with van der Waals surface area (Å²) in [5.41, 5.74) is 51.2. The number of allylic oxidation sites excluding steroid dienone is 7. The van der Waals surface area contributed by atoms with Gasteiger partial charge in [0.1, 0.15) is 51.8 Å². The first-order valence-electron chi connectivity index (χ1n) is 42.8. The zero-order valence-electron chi connectivity index (χ0n) is 77.3. The first kappa shape index (κ1) is 116. The molecule has 0 aromatic heterocycles. The molecule has 6 N–H and O–H groups in total. The highest BCUT2D eigenvalue weighted by atomic mass is 127. The first-order valence-corrected chi connectivity index (χ1v) is 47.3. The van der Waals surface area contributed by atoms with Gasteiger partial charge in [-0.3, -0.25) is 101 Å². The Bertz CT molecular complexity index is 5200. The molecule has 7 amide bonds. The SMILES string of the molecule is C=C1O[C@@H](N2C=CC(=O)CC2=O)[C@](C)(N=[N+]=[N-])[C@@H]1O.CC[C@@]1(F)O[C@@H](N2C=CC(=O)CC2=O)[C@](C)(N=[N+]=[N-])[C@@H]1C.CC[C@H]1O[C@@H](N2C=CC(=O)CC2=O)[C@](C)(N=[N+]=[N-])[C@@H]1O.C[C@@]1(N=[N+]=[N-])[C@H](O)[C@@H](CI)O[C@H]1N1C=CC(=O)CC1=O.C[C@@]1(N=[N+]=[N-])[C@H](O)[C@@H](CO)O[C@H]1N1C=CC(=O)CC1=O.C[C@H]1[C@@](C)(N=[N+]=[N-])[C@H](N2C=CC(=O)CC2=O)O[C@]1(F)CI.C[C@]1(N=[N+]=[N-])[C@H](N2C=CC(=O)CC2=O)O[C@](F)(CI)[C@H]1O. The van der Waals surface area contributed by atoms with Crippen molar-refractivity contribution in [2.45, 2.75) is 283 Å². The maximum atomic E-state index is 14.8. The number of nitrogens with zero attached hydrogens (tertiary/aromatic N) is 28. The van der Waals surface area contributed by atoms with Gasteiger partial charge in [-0.2, -0.15) is 0 Å². The molecule has 61 heteroatoms. The van der Waals surface area contributed by atoms with Gasteiger partial charge < -0.3 is 63.8 Å². The third-order valence-corrected chi connectivity index (χ3v) is 28.7. The predicted octanol–water partition coefficient (Wildman–Crippen LogP) is 7.90. The quantitative estimate of drug-likeness (QED) is 0.0168. The Balaban J connectivity index is 0.000000203. The van der Waals surface area contributed by atoms with E-state index < -0.39 is 209 Å². The van der Waals surface area contributed by atoms with E-state index in [1.165, 1.54) is 118 Å². The minimum atomic E-state index is -2.45. The number of halogens is 6. The van der Waals surface area contributed by atoms with Crippen molar-refractivity contribution in [1.29, 1.82) is 0 Å². The molecule has 27 atom stereocenters. The van der Waals surface area contributed by atoms with Crippen LogP contribution >= 0.6 is 67.8 Å². The Hall–Kier alpha value is -11.6. The number of rotatable bonds is 20. The number of aliphatic hydroxyl groups is 6. The van der Waals surface area contributed by atoms with E-state index in [1.807, 2.05) is 52.1 Å². The van der Waals surface area contributed by atoms with Crippen LogP contribution in [0.2, 0.25) is 0 Å². The molecule has 0 aliphatic carbocycles. The molecule has 14 aliphatic rings. The first-order chi connectivity index (χ1) is 66.5. The Morgan fingerprint density at radius 3 is 0.887 bits per heavy atom. The van der Waals surface area contributed by atoms with Crippen molar-refractivity contribution in [3.05, 3.63) is 171 Å². The van der Waals surface area contributed by atoms with Crippen LogP contribution in [0.5, 0.6) is 0 Å². The van der Waals surface area contributed by atoms with E-state index in [2.05, 4.69) is 76.8 Å². The maximum Gasteiger partial charge on any atom is 0.247 e. The monoisotopic (exact) mass is 2330 g/mol. The molecule has 142 heavy (non-hydrogen) atoms. The molecular formula is C81H98F3I3N28O27. The van der Waals surface area contributed by atoms with Crippen LogP contribution in [0.25, 0.3) is 73.1 Å². The van der Waals surface area contributed by atoms with E-state index in [4.69, 9.17) is 77.0 Å². The lowest BCUT2D eigenvalue weighted by atomic mass is 9.82. The highest BCUT2D eigenvalue weighted by molar-refractivity contribution is 14.1. The van der Waals surface area contributed by atoms with Crippen LogP contribution in [0, 0.1) is 11.8 Å². The van der Waals surface area contributed by atoms with Gasteiger partial charge in [-0.05, 0) is 136 Å². The molecule has 0 bridgehead atoms. The van der Waals surface area contributed by atoms with Crippen LogP contribution in [0.1, 0.15) is 134 Å². The van der Waals surface area contributed by atoms with Gasteiger partial charge >= 0.3 is 0 Å². The van der Waals surface area contributed by atoms with Crippen molar-refractivity contribution >= 4 is 150 Å². The molecule has 7 fully saturated rings. The molecular weight excluding hydrogens is 2230 g/mol. The molecule has 55 nitrogen and oxygen atoms in total. The molecule has 14 rings (SSSR count). The highest BCUT2D eigenvalue weighted by Crippen LogP contribution is 2.53. The molecule has 0 spiro atoms. The minimum Gasteiger partial charge on any atom is -0.471 e. The van der Waals surface area contributed by atoms with Crippen LogP contribution in [-0.2, 0) is 100 Å². The fraction of sp³-hybridized carbons (Fsp3) is 0.630. The standard InChI is InChI=1S/C13H17FN4O3.C12H14FIN4O3.C12H16N4O4.C11H12FIN4O4.C11H13IN4O4.C11H14N4O5.C11H12N4O4/c1-4-13(14)8(2)12(3,16-17-15)11(21-13)18-6-5-9(19)7-10(18)20;1-7-11(2,16-17-15)10(21-12(7,13)6-14)18-4-3-8(19)5-9(18)20;1-3-8-10(19)12(2,14-15-13)11(20-8)16-5-4-7(17)6-9(16)18;1-10(15-16-14)8(20)11(12,5-13)21-9(10)17-3-2-6(18)4-7(17)19;1-11(14-15-13)9(19)7(5-12)20-10(11)16-3-2-6(17)4-8(16)18;1-11(13-14-12)9(19)7(5-16)20-10(11)15-3-2-6(17)4-8(15)18;1-6-9(18)11(2,13-14-12)10(19-6)15-4-3-7(16)5-8(15)17/h5-6,8,11H,4,7H2,1-3H3;3-4,7,10H,5-6H2,1-2H3;4-5,8,10-11,19H,3,6H2,1-2H3;2-3,8-9,20H,4-5H2,1H3;2-3,7,9-10,19H,4-5H2,1H3;2-3,7,9-10,16,19H,4-5H2,1H3;3-4,9-10,18H,1,5H2,2H3/t8-,11+,12+,13+;7-,10+,11+,12+;8-,10-,11-,12-;8-,9+,10+,11+;2*7-,9-,10-,11-;9-,10-,11-/m0010111/s1. The largest absolute Gasteiger partial charge is 0.471 e. The number of carbonyl (C=O) groups excluding carboxylic acids is 14. The second kappa shape index (κ2) is 46.8. The van der Waals surface area contributed by atoms with E-state index in [0.717, 1.165) is 36.8 Å². The van der Waals surface area contributed by atoms with Crippen molar-refractivity contribution in [1.82, 2.24) is 34.3 Å². The van der Waals surface area contributed by atoms with Crippen LogP contribution < -0.4 is 0 Å². The Morgan fingerprint density at radius 1 is 0.366 bits per heavy atom. The second-order valence-electron chi connectivity index (χ2n) is 35.0. The number of alkyl halides is 6. The lowest BCUT2D eigenvalue weighted by Crippen LogP contribution is -2.53. The maximum absolute atomic E-state index is 14.8. The summed E-state index contributed by atoms with van der Waals surface area (Å²) in [5.74, 6) is -13.7. The molecule has 14 aliphatic heterocycles. The molecule has 0 unspecified atom stereocenters. The van der Waals surface area contributed by atoms with Gasteiger partial charge in [0, 0.05) is 100 Å². The summed E-state index contributed by atoms with van der Waals surface area (Å²) < 4.78 is 82.6. The van der Waals surface area contributed by atoms with Crippen LogP contribution in [-0.4, -0.2) is 315 Å². The van der Waals surface area contributed by atoms with Gasteiger partial charge in [0.2, 0.25) is 58.9 Å². The van der Waals surface area contributed by atoms with E-state index in [1.54, 1.807) is 57.2 Å². The lowest BCUT2D eigenvalue weighted by Gasteiger charge is -2.35. The zero-order chi connectivity index (χ0) is 106. The smallest absolute Gasteiger partial charge is 0.247 e. The summed E-state index contributed by atoms with van der Waals surface area (Å²) in [6.07, 6.45) is 0.0396. The van der Waals surface area contributed by atoms with Crippen LogP contribution in [0.15, 0.2) is 134 Å². The number of hydrogen-bond donors (Lipinski definition) is 6. The van der Waals surface area contributed by atoms with Gasteiger partial charge in [-0.25, -0.2) is 13.2 Å². The fourth-order valence-electron chi connectivity index (χ4n) is 16.9. The Morgan fingerprint density at radius 2 is 0.606 bits per heavy atom. The number of hydrogen-bond acceptors (Lipinski definition) is 34. The van der Waals surface area contributed by atoms with Crippen molar-refractivity contribution in [2.75, 3.05) is 19.9 Å². The molecule has 0 saturated carbocycles. The summed E-state index contributed by atoms with van der Waals surface area (Å²) >= 11 is 5.58. The average molecular weight is 2330 g/mol. The van der Waals surface area contributed by atoms with Crippen molar-refractivity contribution in [3.8, 4) is 0 Å². The van der Waals surface area contributed by atoms with Gasteiger partial charge in [0.05, 0.1) is 102 Å². The summed E-state index contributed by atoms with van der Waals surface area (Å²) in [6, 6.07) is 0. The van der Waals surface area contributed by atoms with Gasteiger partial charge in [-0.15, -0.1) is 0 Å². The van der Waals surface area contributed by atoms with Gasteiger partial charge in [0.15, 0.2) is 84.1 Å². The Kier molecular flexibility index (Phi) is 38.1. The lowest BCUT2D eigenvalue weighted by molar-refractivity contribution is -0.186. The van der Waals surface area contributed by atoms with E-state index in [0.29, 0.717) is 10.8 Å². The van der Waals surface area contributed by atoms with Crippen molar-refractivity contribution in [3.63, 3.8) is 0 Å². The molecule has 0 aromatic carbocycles. The van der Waals surface area contributed by atoms with E-state index in [-0.39, 0.29) is 106 Å². The van der Waals surface area contributed by atoms with Crippen molar-refractivity contribution in [2.24, 2.45) is 47.6 Å². The van der Waals surface area contributed by atoms with Crippen LogP contribution in [0.4, 0.5) is 13.2 Å². The van der Waals surface area contributed by atoms with E-state index >= 15 is 0 Å². The summed E-state index contributed by atoms with van der Waals surface area (Å²) in [6.45, 7) is 20.0. The molecule has 0 aromatic rings. The third kappa shape index (κ3) is 23.2. The molecule has 0 radical (unpaired) electrons. The molecule has 766 valence electrons. The second-order valence-corrected chi connectivity index (χ2v) is 37.4. The number of aliphatic hydroxyl groups excluding tert-OH is 6. The van der Waals surface area contributed by atoms with Crippen molar-refractivity contribution < 1.29 is 144 Å². The normalized spacial score (nSPS) is 37.8. The topological polar surface area (TPSA) is 789 Å². The fourth-order valence-corrected chi connectivity index (χ4v) is 19.1. The number of ether oxygens (including phenoxy) is 7. The Labute approximate surface area is 844 Å². The summed E-state index contributed by atoms with van der Waals surface area (Å²) in [4.78, 5) is 189. The minimum absolute atomic E-state index is 0.0120. The van der Waals surface area contributed by atoms with E-state index in [9.17, 15) is 106 Å². The van der Waals surface area contributed by atoms with Gasteiger partial charge in [-0.1, -0.05) is 138 Å². The summed E-state index contributed by atoms with van der Waals surface area (Å²) in [7, 11) is 0. The predicted molar refractivity (Wildman–Crippen MR) is 501 cm³/mol. The number of ketones is 7. The molecule has 7 saturated heterocycles. The van der Waals surface area contributed by atoms with Crippen LogP contribution in [0.3, 0.4) is 0 Å². The molecule has 14 heterocycles. The highest BCUT2D eigenvalue weighted by Gasteiger charge is 2.67. The zero-order valence-corrected chi connectivity index (χ0v) is 83.8.